The smallest absolute Gasteiger partial charge is 0.224 e. The van der Waals surface area contributed by atoms with E-state index in [0.717, 1.165) is 41.2 Å². The summed E-state index contributed by atoms with van der Waals surface area (Å²) in [5.74, 6) is 1.39. The van der Waals surface area contributed by atoms with Gasteiger partial charge in [-0.3, -0.25) is 0 Å². The molecule has 112 valence electrons. The Labute approximate surface area is 133 Å². The van der Waals surface area contributed by atoms with Crippen molar-refractivity contribution in [3.05, 3.63) is 40.5 Å². The Hall–Kier alpha value is -1.66. The van der Waals surface area contributed by atoms with Crippen LogP contribution >= 0.6 is 15.9 Å². The molecule has 0 aliphatic heterocycles. The predicted octanol–water partition coefficient (Wildman–Crippen LogP) is 3.74. The number of hydrogen-bond donors (Lipinski definition) is 2. The zero-order chi connectivity index (χ0) is 15.1. The van der Waals surface area contributed by atoms with Crippen LogP contribution in [0.1, 0.15) is 12.1 Å². The normalized spacial score (nSPS) is 10.4. The van der Waals surface area contributed by atoms with Crippen molar-refractivity contribution in [1.29, 1.82) is 0 Å². The summed E-state index contributed by atoms with van der Waals surface area (Å²) >= 11 is 3.51. The van der Waals surface area contributed by atoms with Gasteiger partial charge >= 0.3 is 0 Å². The fourth-order valence-electron chi connectivity index (χ4n) is 1.83. The fraction of sp³-hybridized carbons (Fsp3) is 0.333. The first kappa shape index (κ1) is 15.7. The van der Waals surface area contributed by atoms with Crippen molar-refractivity contribution in [2.75, 3.05) is 30.9 Å². The summed E-state index contributed by atoms with van der Waals surface area (Å²) in [7, 11) is 1.70. The van der Waals surface area contributed by atoms with Crippen LogP contribution in [0, 0.1) is 6.92 Å². The number of benzene rings is 1. The number of nitrogens with zero attached hydrogens (tertiary/aromatic N) is 2. The molecule has 6 heteroatoms. The van der Waals surface area contributed by atoms with Crippen LogP contribution in [-0.4, -0.2) is 30.2 Å². The maximum absolute atomic E-state index is 5.02. The molecule has 0 saturated carbocycles. The Morgan fingerprint density at radius 3 is 2.81 bits per heavy atom. The van der Waals surface area contributed by atoms with Gasteiger partial charge in [0.05, 0.1) is 5.69 Å². The first-order valence-electron chi connectivity index (χ1n) is 6.79. The van der Waals surface area contributed by atoms with E-state index < -0.39 is 0 Å². The number of aromatic nitrogens is 2. The number of ether oxygens (including phenoxy) is 1. The minimum absolute atomic E-state index is 0.626. The molecule has 1 heterocycles. The second-order valence-corrected chi connectivity index (χ2v) is 5.45. The minimum Gasteiger partial charge on any atom is -0.385 e. The summed E-state index contributed by atoms with van der Waals surface area (Å²) in [6.07, 6.45) is 0.917. The number of aryl methyl sites for hydroxylation is 1. The highest BCUT2D eigenvalue weighted by atomic mass is 79.9. The Bertz CT molecular complexity index is 592. The largest absolute Gasteiger partial charge is 0.385 e. The molecule has 0 unspecified atom stereocenters. The summed E-state index contributed by atoms with van der Waals surface area (Å²) in [5, 5.41) is 6.50. The molecule has 2 N–H and O–H groups in total. The van der Waals surface area contributed by atoms with E-state index in [1.54, 1.807) is 7.11 Å². The van der Waals surface area contributed by atoms with Gasteiger partial charge in [0, 0.05) is 36.5 Å². The molecular weight excluding hydrogens is 332 g/mol. The van der Waals surface area contributed by atoms with Gasteiger partial charge in [0.25, 0.3) is 0 Å². The molecule has 0 fully saturated rings. The van der Waals surface area contributed by atoms with Crippen molar-refractivity contribution in [3.63, 3.8) is 0 Å². The predicted molar refractivity (Wildman–Crippen MR) is 89.2 cm³/mol. The second-order valence-electron chi connectivity index (χ2n) is 4.60. The number of methoxy groups -OCH3 is 1. The van der Waals surface area contributed by atoms with E-state index in [4.69, 9.17) is 4.74 Å². The zero-order valence-electron chi connectivity index (χ0n) is 12.2. The van der Waals surface area contributed by atoms with E-state index >= 15 is 0 Å². The van der Waals surface area contributed by atoms with E-state index in [1.165, 1.54) is 0 Å². The number of hydrogen-bond acceptors (Lipinski definition) is 5. The van der Waals surface area contributed by atoms with Crippen LogP contribution in [0.25, 0.3) is 0 Å². The molecule has 2 rings (SSSR count). The third-order valence-electron chi connectivity index (χ3n) is 2.80. The molecular formula is C15H19BrN4O. The summed E-state index contributed by atoms with van der Waals surface area (Å²) in [4.78, 5) is 8.85. The topological polar surface area (TPSA) is 59.1 Å². The summed E-state index contributed by atoms with van der Waals surface area (Å²) in [5.41, 5.74) is 1.88. The average molecular weight is 351 g/mol. The number of para-hydroxylation sites is 1. The first-order chi connectivity index (χ1) is 10.2. The second kappa shape index (κ2) is 7.95. The average Bonchev–Trinajstić information content (AvgIpc) is 2.46. The Balaban J connectivity index is 2.06. The highest BCUT2D eigenvalue weighted by Gasteiger charge is 2.04. The fourth-order valence-corrected chi connectivity index (χ4v) is 2.21. The molecule has 1 aromatic heterocycles. The van der Waals surface area contributed by atoms with E-state index in [1.807, 2.05) is 37.3 Å². The van der Waals surface area contributed by atoms with Crippen molar-refractivity contribution >= 4 is 33.4 Å². The minimum atomic E-state index is 0.626. The summed E-state index contributed by atoms with van der Waals surface area (Å²) in [6, 6.07) is 9.85. The van der Waals surface area contributed by atoms with Gasteiger partial charge in [0.2, 0.25) is 5.95 Å². The van der Waals surface area contributed by atoms with Crippen molar-refractivity contribution < 1.29 is 4.74 Å². The number of rotatable bonds is 7. The van der Waals surface area contributed by atoms with Crippen LogP contribution < -0.4 is 10.6 Å². The zero-order valence-corrected chi connectivity index (χ0v) is 13.8. The monoisotopic (exact) mass is 350 g/mol. The van der Waals surface area contributed by atoms with E-state index in [2.05, 4.69) is 36.5 Å². The van der Waals surface area contributed by atoms with Gasteiger partial charge in [-0.2, -0.15) is 4.98 Å². The lowest BCUT2D eigenvalue weighted by Gasteiger charge is -2.11. The summed E-state index contributed by atoms with van der Waals surface area (Å²) in [6.45, 7) is 3.46. The van der Waals surface area contributed by atoms with Crippen LogP contribution in [0.5, 0.6) is 0 Å². The lowest BCUT2D eigenvalue weighted by atomic mass is 10.3. The molecule has 21 heavy (non-hydrogen) atoms. The molecule has 0 aliphatic carbocycles. The Morgan fingerprint density at radius 2 is 2.05 bits per heavy atom. The van der Waals surface area contributed by atoms with Crippen LogP contribution in [0.3, 0.4) is 0 Å². The Morgan fingerprint density at radius 1 is 1.24 bits per heavy atom. The van der Waals surface area contributed by atoms with E-state index in [-0.39, 0.29) is 0 Å². The molecule has 1 aromatic carbocycles. The van der Waals surface area contributed by atoms with E-state index in [9.17, 15) is 0 Å². The third-order valence-corrected chi connectivity index (χ3v) is 3.49. The molecule has 0 aliphatic rings. The standard InChI is InChI=1S/C15H19BrN4O/c1-11-10-14(19-13-7-4-3-6-12(13)16)20-15(18-11)17-8-5-9-21-2/h3-4,6-7,10H,5,8-9H2,1-2H3,(H2,17,18,19,20). The molecule has 2 aromatic rings. The Kier molecular flexibility index (Phi) is 5.95. The van der Waals surface area contributed by atoms with Crippen molar-refractivity contribution in [1.82, 2.24) is 9.97 Å². The molecule has 0 saturated heterocycles. The highest BCUT2D eigenvalue weighted by Crippen LogP contribution is 2.25. The van der Waals surface area contributed by atoms with Crippen molar-refractivity contribution in [2.45, 2.75) is 13.3 Å². The van der Waals surface area contributed by atoms with Crippen molar-refractivity contribution in [2.24, 2.45) is 0 Å². The van der Waals surface area contributed by atoms with Gasteiger partial charge in [0.1, 0.15) is 5.82 Å². The number of nitrogens with one attached hydrogen (secondary N) is 2. The quantitative estimate of drug-likeness (QED) is 0.745. The lowest BCUT2D eigenvalue weighted by molar-refractivity contribution is 0.197. The molecule has 0 amide bonds. The van der Waals surface area contributed by atoms with Gasteiger partial charge in [-0.15, -0.1) is 0 Å². The van der Waals surface area contributed by atoms with Crippen molar-refractivity contribution in [3.8, 4) is 0 Å². The van der Waals surface area contributed by atoms with Gasteiger partial charge in [0.15, 0.2) is 0 Å². The summed E-state index contributed by atoms with van der Waals surface area (Å²) < 4.78 is 6.02. The van der Waals surface area contributed by atoms with E-state index in [0.29, 0.717) is 5.95 Å². The maximum Gasteiger partial charge on any atom is 0.224 e. The number of anilines is 3. The SMILES string of the molecule is COCCCNc1nc(C)cc(Nc2ccccc2Br)n1. The molecule has 0 bridgehead atoms. The molecule has 5 nitrogen and oxygen atoms in total. The van der Waals surface area contributed by atoms with Gasteiger partial charge < -0.3 is 15.4 Å². The lowest BCUT2D eigenvalue weighted by Crippen LogP contribution is -2.09. The van der Waals surface area contributed by atoms with Gasteiger partial charge in [-0.1, -0.05) is 12.1 Å². The molecule has 0 radical (unpaired) electrons. The van der Waals surface area contributed by atoms with Crippen LogP contribution in [0.2, 0.25) is 0 Å². The van der Waals surface area contributed by atoms with Crippen LogP contribution in [-0.2, 0) is 4.74 Å². The number of halogens is 1. The molecule has 0 spiro atoms. The maximum atomic E-state index is 5.02. The van der Waals surface area contributed by atoms with Gasteiger partial charge in [-0.25, -0.2) is 4.98 Å². The highest BCUT2D eigenvalue weighted by molar-refractivity contribution is 9.10. The van der Waals surface area contributed by atoms with Gasteiger partial charge in [-0.05, 0) is 41.4 Å². The first-order valence-corrected chi connectivity index (χ1v) is 7.58. The van der Waals surface area contributed by atoms with Crippen LogP contribution in [0.4, 0.5) is 17.5 Å². The van der Waals surface area contributed by atoms with Crippen LogP contribution in [0.15, 0.2) is 34.8 Å². The third kappa shape index (κ3) is 4.99. The molecule has 0 atom stereocenters.